The summed E-state index contributed by atoms with van der Waals surface area (Å²) in [4.78, 5) is 10.1. The fourth-order valence-corrected chi connectivity index (χ4v) is 3.24. The molecule has 2 aromatic heterocycles. The van der Waals surface area contributed by atoms with E-state index in [1.807, 2.05) is 12.3 Å². The van der Waals surface area contributed by atoms with Gasteiger partial charge in [-0.15, -0.1) is 11.3 Å². The van der Waals surface area contributed by atoms with Crippen LogP contribution in [0.15, 0.2) is 11.4 Å². The predicted octanol–water partition coefficient (Wildman–Crippen LogP) is 3.10. The van der Waals surface area contributed by atoms with Gasteiger partial charge >= 0.3 is 0 Å². The van der Waals surface area contributed by atoms with Gasteiger partial charge in [0.1, 0.15) is 10.6 Å². The molecule has 0 spiro atoms. The Bertz CT molecular complexity index is 592. The van der Waals surface area contributed by atoms with Crippen molar-refractivity contribution in [2.45, 2.75) is 32.3 Å². The van der Waals surface area contributed by atoms with Crippen LogP contribution < -0.4 is 10.6 Å². The number of thiophene rings is 1. The molecule has 5 nitrogen and oxygen atoms in total. The van der Waals surface area contributed by atoms with Crippen LogP contribution in [0.2, 0.25) is 0 Å². The molecule has 0 aromatic carbocycles. The number of rotatable bonds is 5. The molecule has 0 saturated carbocycles. The largest absolute Gasteiger partial charge is 0.373 e. The first-order valence-electron chi connectivity index (χ1n) is 7.07. The fraction of sp³-hybridized carbons (Fsp3) is 0.571. The van der Waals surface area contributed by atoms with Crippen LogP contribution in [0.5, 0.6) is 0 Å². The van der Waals surface area contributed by atoms with E-state index in [0.717, 1.165) is 48.6 Å². The second-order valence-electron chi connectivity index (χ2n) is 5.32. The van der Waals surface area contributed by atoms with E-state index < -0.39 is 0 Å². The van der Waals surface area contributed by atoms with Gasteiger partial charge in [-0.25, -0.2) is 4.98 Å². The summed E-state index contributed by atoms with van der Waals surface area (Å²) in [5.74, 6) is 1.58. The zero-order chi connectivity index (χ0) is 14.0. The Kier molecular flexibility index (Phi) is 3.76. The minimum Gasteiger partial charge on any atom is -0.373 e. The molecule has 1 saturated heterocycles. The van der Waals surface area contributed by atoms with Gasteiger partial charge in [-0.1, -0.05) is 0 Å². The fourth-order valence-electron chi connectivity index (χ4n) is 2.47. The van der Waals surface area contributed by atoms with Gasteiger partial charge < -0.3 is 15.4 Å². The van der Waals surface area contributed by atoms with Crippen LogP contribution in [0.25, 0.3) is 10.2 Å². The van der Waals surface area contributed by atoms with Gasteiger partial charge in [0.2, 0.25) is 5.95 Å². The molecule has 1 unspecified atom stereocenters. The van der Waals surface area contributed by atoms with Crippen molar-refractivity contribution in [3.63, 3.8) is 0 Å². The number of aromatic nitrogens is 2. The average molecular weight is 292 g/mol. The van der Waals surface area contributed by atoms with E-state index in [1.165, 1.54) is 0 Å². The van der Waals surface area contributed by atoms with Gasteiger partial charge in [-0.2, -0.15) is 4.98 Å². The van der Waals surface area contributed by atoms with E-state index in [0.29, 0.717) is 5.95 Å². The lowest BCUT2D eigenvalue weighted by molar-refractivity contribution is 0.0315. The van der Waals surface area contributed by atoms with E-state index in [-0.39, 0.29) is 5.60 Å². The second-order valence-corrected chi connectivity index (χ2v) is 6.22. The Labute approximate surface area is 122 Å². The molecule has 0 bridgehead atoms. The first-order valence-corrected chi connectivity index (χ1v) is 7.95. The van der Waals surface area contributed by atoms with Crippen LogP contribution in [0, 0.1) is 0 Å². The van der Waals surface area contributed by atoms with Gasteiger partial charge in [-0.3, -0.25) is 0 Å². The van der Waals surface area contributed by atoms with Crippen molar-refractivity contribution < 1.29 is 4.74 Å². The molecule has 6 heteroatoms. The Morgan fingerprint density at radius 3 is 3.05 bits per heavy atom. The molecule has 108 valence electrons. The summed E-state index contributed by atoms with van der Waals surface area (Å²) in [6.07, 6.45) is 2.23. The van der Waals surface area contributed by atoms with Crippen LogP contribution in [0.3, 0.4) is 0 Å². The highest BCUT2D eigenvalue weighted by Gasteiger charge is 2.29. The van der Waals surface area contributed by atoms with E-state index >= 15 is 0 Å². The lowest BCUT2D eigenvalue weighted by Crippen LogP contribution is -2.32. The first-order chi connectivity index (χ1) is 9.70. The lowest BCUT2D eigenvalue weighted by Gasteiger charge is -2.24. The summed E-state index contributed by atoms with van der Waals surface area (Å²) in [7, 11) is 0. The monoisotopic (exact) mass is 292 g/mol. The molecule has 3 rings (SSSR count). The molecule has 0 aliphatic carbocycles. The maximum Gasteiger partial charge on any atom is 0.226 e. The van der Waals surface area contributed by atoms with Gasteiger partial charge in [0.05, 0.1) is 11.0 Å². The van der Waals surface area contributed by atoms with Crippen molar-refractivity contribution in [1.29, 1.82) is 0 Å². The highest BCUT2D eigenvalue weighted by atomic mass is 32.1. The number of ether oxygens (including phenoxy) is 1. The molecule has 2 aromatic rings. The maximum atomic E-state index is 5.81. The molecule has 1 aliphatic rings. The normalized spacial score (nSPS) is 22.3. The third-order valence-electron chi connectivity index (χ3n) is 3.59. The minimum atomic E-state index is -0.0777. The summed E-state index contributed by atoms with van der Waals surface area (Å²) in [6.45, 7) is 6.66. The Morgan fingerprint density at radius 2 is 2.30 bits per heavy atom. The smallest absolute Gasteiger partial charge is 0.226 e. The molecular formula is C14H20N4OS. The van der Waals surface area contributed by atoms with Crippen LogP contribution >= 0.6 is 11.3 Å². The van der Waals surface area contributed by atoms with Gasteiger partial charge in [0.25, 0.3) is 0 Å². The SMILES string of the molecule is CCNc1nc(NCC2(C)CCCO2)c2ccsc2n1. The number of fused-ring (bicyclic) bond motifs is 1. The number of nitrogens with one attached hydrogen (secondary N) is 2. The van der Waals surface area contributed by atoms with Crippen molar-refractivity contribution in [3.05, 3.63) is 11.4 Å². The summed E-state index contributed by atoms with van der Waals surface area (Å²) in [5, 5.41) is 9.76. The molecule has 2 N–H and O–H groups in total. The highest BCUT2D eigenvalue weighted by Crippen LogP contribution is 2.29. The molecule has 0 amide bonds. The molecule has 1 atom stereocenters. The first kappa shape index (κ1) is 13.6. The predicted molar refractivity (Wildman–Crippen MR) is 83.7 cm³/mol. The van der Waals surface area contributed by atoms with E-state index in [1.54, 1.807) is 11.3 Å². The Morgan fingerprint density at radius 1 is 1.40 bits per heavy atom. The van der Waals surface area contributed by atoms with Crippen LogP contribution in [-0.2, 0) is 4.74 Å². The third kappa shape index (κ3) is 2.71. The van der Waals surface area contributed by atoms with Gasteiger partial charge in [0, 0.05) is 19.7 Å². The van der Waals surface area contributed by atoms with E-state index in [9.17, 15) is 0 Å². The van der Waals surface area contributed by atoms with Crippen molar-refractivity contribution in [1.82, 2.24) is 9.97 Å². The third-order valence-corrected chi connectivity index (χ3v) is 4.40. The minimum absolute atomic E-state index is 0.0777. The molecule has 20 heavy (non-hydrogen) atoms. The van der Waals surface area contributed by atoms with Crippen LogP contribution in [-0.4, -0.2) is 35.3 Å². The molecule has 3 heterocycles. The summed E-state index contributed by atoms with van der Waals surface area (Å²) in [6, 6.07) is 2.07. The summed E-state index contributed by atoms with van der Waals surface area (Å²) < 4.78 is 5.81. The number of hydrogen-bond donors (Lipinski definition) is 2. The standard InChI is InChI=1S/C14H20N4OS/c1-3-15-13-17-11(10-5-8-20-12(10)18-13)16-9-14(2)6-4-7-19-14/h5,8H,3-4,6-7,9H2,1-2H3,(H2,15,16,17,18). The zero-order valence-corrected chi connectivity index (χ0v) is 12.7. The van der Waals surface area contributed by atoms with Crippen molar-refractivity contribution in [2.75, 3.05) is 30.3 Å². The van der Waals surface area contributed by atoms with Gasteiger partial charge in [-0.05, 0) is 38.1 Å². The molecule has 1 aliphatic heterocycles. The average Bonchev–Trinajstić information content (AvgIpc) is 3.06. The summed E-state index contributed by atoms with van der Waals surface area (Å²) in [5.41, 5.74) is -0.0777. The van der Waals surface area contributed by atoms with Crippen molar-refractivity contribution in [2.24, 2.45) is 0 Å². The molecule has 1 fully saturated rings. The molecule has 0 radical (unpaired) electrons. The zero-order valence-electron chi connectivity index (χ0n) is 11.9. The van der Waals surface area contributed by atoms with Crippen LogP contribution in [0.4, 0.5) is 11.8 Å². The van der Waals surface area contributed by atoms with Crippen molar-refractivity contribution in [3.8, 4) is 0 Å². The molecular weight excluding hydrogens is 272 g/mol. The van der Waals surface area contributed by atoms with Crippen molar-refractivity contribution >= 4 is 33.3 Å². The van der Waals surface area contributed by atoms with E-state index in [4.69, 9.17) is 4.74 Å². The Hall–Kier alpha value is -1.40. The summed E-state index contributed by atoms with van der Waals surface area (Å²) >= 11 is 1.64. The number of anilines is 2. The van der Waals surface area contributed by atoms with Crippen LogP contribution in [0.1, 0.15) is 26.7 Å². The number of nitrogens with zero attached hydrogens (tertiary/aromatic N) is 2. The van der Waals surface area contributed by atoms with E-state index in [2.05, 4.69) is 33.6 Å². The quantitative estimate of drug-likeness (QED) is 0.886. The topological polar surface area (TPSA) is 59.1 Å². The van der Waals surface area contributed by atoms with Gasteiger partial charge in [0.15, 0.2) is 0 Å². The lowest BCUT2D eigenvalue weighted by atomic mass is 10.0. The maximum absolute atomic E-state index is 5.81. The highest BCUT2D eigenvalue weighted by molar-refractivity contribution is 7.16. The number of hydrogen-bond acceptors (Lipinski definition) is 6. The Balaban J connectivity index is 1.83. The second kappa shape index (κ2) is 5.54.